The molecule has 0 bridgehead atoms. The van der Waals surface area contributed by atoms with Crippen LogP contribution in [0.1, 0.15) is 5.69 Å². The Hall–Kier alpha value is -1.38. The third-order valence-corrected chi connectivity index (χ3v) is 5.51. The molecule has 4 nitrogen and oxygen atoms in total. The Morgan fingerprint density at radius 2 is 2.00 bits per heavy atom. The number of halogens is 3. The Labute approximate surface area is 129 Å². The molecular weight excluding hydrogens is 366 g/mol. The summed E-state index contributed by atoms with van der Waals surface area (Å²) >= 11 is 2.89. The van der Waals surface area contributed by atoms with Gasteiger partial charge in [-0.15, -0.1) is 0 Å². The second-order valence-electron chi connectivity index (χ2n) is 4.28. The largest absolute Gasteiger partial charge is 0.260 e. The average molecular weight is 377 g/mol. The van der Waals surface area contributed by atoms with Gasteiger partial charge in [-0.05, 0) is 34.1 Å². The number of nitrogens with zero attached hydrogens (tertiary/aromatic N) is 2. The molecule has 8 heteroatoms. The van der Waals surface area contributed by atoms with Gasteiger partial charge in [-0.25, -0.2) is 17.2 Å². The van der Waals surface area contributed by atoms with E-state index in [1.54, 1.807) is 18.2 Å². The summed E-state index contributed by atoms with van der Waals surface area (Å²) in [6.07, 6.45) is 1.53. The van der Waals surface area contributed by atoms with Gasteiger partial charge >= 0.3 is 0 Å². The van der Waals surface area contributed by atoms with Crippen LogP contribution >= 0.6 is 15.9 Å². The lowest BCUT2D eigenvalue weighted by molar-refractivity contribution is 0.454. The molecule has 0 atom stereocenters. The summed E-state index contributed by atoms with van der Waals surface area (Å²) in [5.41, 5.74) is 0.516. The molecule has 112 valence electrons. The highest BCUT2D eigenvalue weighted by Crippen LogP contribution is 2.28. The molecule has 21 heavy (non-hydrogen) atoms. The maximum atomic E-state index is 13.8. The highest BCUT2D eigenvalue weighted by molar-refractivity contribution is 9.10. The van der Waals surface area contributed by atoms with E-state index in [4.69, 9.17) is 0 Å². The molecule has 1 aromatic carbocycles. The predicted molar refractivity (Wildman–Crippen MR) is 76.9 cm³/mol. The van der Waals surface area contributed by atoms with Gasteiger partial charge < -0.3 is 0 Å². The maximum Gasteiger partial charge on any atom is 0.247 e. The van der Waals surface area contributed by atoms with Crippen LogP contribution in [0.2, 0.25) is 0 Å². The Morgan fingerprint density at radius 1 is 1.29 bits per heavy atom. The Kier molecular flexibility index (Phi) is 4.70. The summed E-state index contributed by atoms with van der Waals surface area (Å²) in [4.78, 5) is 3.42. The fraction of sp³-hybridized carbons (Fsp3) is 0.154. The number of aromatic nitrogens is 1. The summed E-state index contributed by atoms with van der Waals surface area (Å²) < 4.78 is 52.5. The van der Waals surface area contributed by atoms with Crippen LogP contribution in [0.5, 0.6) is 0 Å². The predicted octanol–water partition coefficient (Wildman–Crippen LogP) is 2.94. The zero-order chi connectivity index (χ0) is 15.6. The maximum absolute atomic E-state index is 13.8. The van der Waals surface area contributed by atoms with Gasteiger partial charge in [-0.2, -0.15) is 4.31 Å². The second kappa shape index (κ2) is 6.17. The van der Waals surface area contributed by atoms with Crippen LogP contribution in [0.3, 0.4) is 0 Å². The van der Waals surface area contributed by atoms with Crippen LogP contribution in [-0.2, 0) is 16.6 Å². The standard InChI is InChI=1S/C13H11BrF2N2O2S/c1-18(8-10-4-2-3-5-17-10)21(19,20)13-11(14)6-9(15)7-12(13)16/h2-7H,8H2,1H3. The summed E-state index contributed by atoms with van der Waals surface area (Å²) in [6.45, 7) is -0.0214. The summed E-state index contributed by atoms with van der Waals surface area (Å²) in [5, 5.41) is 0. The van der Waals surface area contributed by atoms with Crippen molar-refractivity contribution in [1.82, 2.24) is 9.29 Å². The summed E-state index contributed by atoms with van der Waals surface area (Å²) in [7, 11) is -2.81. The summed E-state index contributed by atoms with van der Waals surface area (Å²) in [6, 6.07) is 6.52. The van der Waals surface area contributed by atoms with Crippen molar-refractivity contribution < 1.29 is 17.2 Å². The molecule has 0 spiro atoms. The second-order valence-corrected chi connectivity index (χ2v) is 7.12. The van der Waals surface area contributed by atoms with Crippen LogP contribution in [0.4, 0.5) is 8.78 Å². The molecule has 1 aromatic heterocycles. The molecule has 0 aliphatic rings. The molecule has 0 N–H and O–H groups in total. The topological polar surface area (TPSA) is 50.3 Å². The van der Waals surface area contributed by atoms with E-state index in [1.165, 1.54) is 13.2 Å². The smallest absolute Gasteiger partial charge is 0.247 e. The van der Waals surface area contributed by atoms with Gasteiger partial charge in [0.05, 0.1) is 12.2 Å². The number of sulfonamides is 1. The molecule has 0 fully saturated rings. The van der Waals surface area contributed by atoms with Crippen LogP contribution in [0.25, 0.3) is 0 Å². The van der Waals surface area contributed by atoms with Crippen LogP contribution in [0.15, 0.2) is 45.9 Å². The van der Waals surface area contributed by atoms with Gasteiger partial charge in [0.25, 0.3) is 0 Å². The summed E-state index contributed by atoms with van der Waals surface area (Å²) in [5.74, 6) is -2.00. The first kappa shape index (κ1) is 16.0. The lowest BCUT2D eigenvalue weighted by Crippen LogP contribution is -2.28. The van der Waals surface area contributed by atoms with E-state index in [9.17, 15) is 17.2 Å². The minimum atomic E-state index is -4.11. The minimum Gasteiger partial charge on any atom is -0.260 e. The normalized spacial score (nSPS) is 11.9. The first-order valence-corrected chi connectivity index (χ1v) is 8.06. The van der Waals surface area contributed by atoms with Gasteiger partial charge in [0.1, 0.15) is 16.5 Å². The molecule has 0 aliphatic carbocycles. The Morgan fingerprint density at radius 3 is 2.57 bits per heavy atom. The van der Waals surface area contributed by atoms with Crippen molar-refractivity contribution in [2.75, 3.05) is 7.05 Å². The van der Waals surface area contributed by atoms with Crippen molar-refractivity contribution in [3.8, 4) is 0 Å². The molecule has 2 aromatic rings. The van der Waals surface area contributed by atoms with Gasteiger partial charge in [-0.3, -0.25) is 4.98 Å². The van der Waals surface area contributed by atoms with E-state index in [-0.39, 0.29) is 11.0 Å². The van der Waals surface area contributed by atoms with E-state index in [0.29, 0.717) is 11.8 Å². The molecule has 2 rings (SSSR count). The fourth-order valence-corrected chi connectivity index (χ4v) is 3.98. The number of hydrogen-bond donors (Lipinski definition) is 0. The van der Waals surface area contributed by atoms with E-state index in [0.717, 1.165) is 10.4 Å². The van der Waals surface area contributed by atoms with E-state index in [1.807, 2.05) is 0 Å². The SMILES string of the molecule is CN(Cc1ccccn1)S(=O)(=O)c1c(F)cc(F)cc1Br. The fourth-order valence-electron chi connectivity index (χ4n) is 1.74. The Bertz CT molecular complexity index is 731. The molecule has 0 aliphatic heterocycles. The van der Waals surface area contributed by atoms with Crippen molar-refractivity contribution in [3.05, 3.63) is 58.3 Å². The number of hydrogen-bond acceptors (Lipinski definition) is 3. The lowest BCUT2D eigenvalue weighted by atomic mass is 10.3. The molecule has 0 saturated carbocycles. The van der Waals surface area contributed by atoms with E-state index < -0.39 is 26.6 Å². The quantitative estimate of drug-likeness (QED) is 0.824. The van der Waals surface area contributed by atoms with Crippen LogP contribution < -0.4 is 0 Å². The van der Waals surface area contributed by atoms with E-state index in [2.05, 4.69) is 20.9 Å². The number of rotatable bonds is 4. The highest BCUT2D eigenvalue weighted by Gasteiger charge is 2.28. The van der Waals surface area contributed by atoms with Crippen molar-refractivity contribution >= 4 is 26.0 Å². The molecule has 0 saturated heterocycles. The first-order chi connectivity index (χ1) is 9.82. The number of benzene rings is 1. The third-order valence-electron chi connectivity index (χ3n) is 2.74. The van der Waals surface area contributed by atoms with Crippen molar-refractivity contribution in [2.45, 2.75) is 11.4 Å². The molecule has 0 amide bonds. The monoisotopic (exact) mass is 376 g/mol. The van der Waals surface area contributed by atoms with Gasteiger partial charge in [-0.1, -0.05) is 6.07 Å². The van der Waals surface area contributed by atoms with Gasteiger partial charge in [0.15, 0.2) is 0 Å². The zero-order valence-electron chi connectivity index (χ0n) is 10.9. The molecular formula is C13H11BrF2N2O2S. The zero-order valence-corrected chi connectivity index (χ0v) is 13.3. The molecule has 1 heterocycles. The van der Waals surface area contributed by atoms with Crippen LogP contribution in [0, 0.1) is 11.6 Å². The highest BCUT2D eigenvalue weighted by atomic mass is 79.9. The third kappa shape index (κ3) is 3.45. The lowest BCUT2D eigenvalue weighted by Gasteiger charge is -2.18. The van der Waals surface area contributed by atoms with E-state index >= 15 is 0 Å². The average Bonchev–Trinajstić information content (AvgIpc) is 2.38. The van der Waals surface area contributed by atoms with Crippen molar-refractivity contribution in [1.29, 1.82) is 0 Å². The molecule has 0 radical (unpaired) electrons. The van der Waals surface area contributed by atoms with Crippen molar-refractivity contribution in [3.63, 3.8) is 0 Å². The van der Waals surface area contributed by atoms with Crippen LogP contribution in [-0.4, -0.2) is 24.8 Å². The minimum absolute atomic E-state index is 0.0214. The number of pyridine rings is 1. The van der Waals surface area contributed by atoms with Crippen molar-refractivity contribution in [2.24, 2.45) is 0 Å². The Balaban J connectivity index is 2.38. The molecule has 0 unspecified atom stereocenters. The first-order valence-electron chi connectivity index (χ1n) is 5.83. The van der Waals surface area contributed by atoms with Gasteiger partial charge in [0.2, 0.25) is 10.0 Å². The van der Waals surface area contributed by atoms with Gasteiger partial charge in [0, 0.05) is 23.8 Å².